The molecule has 0 aliphatic heterocycles. The van der Waals surface area contributed by atoms with Crippen molar-refractivity contribution in [2.75, 3.05) is 18.4 Å². The fourth-order valence-corrected chi connectivity index (χ4v) is 4.85. The van der Waals surface area contributed by atoms with E-state index in [1.165, 1.54) is 4.31 Å². The molecule has 0 radical (unpaired) electrons. The molecule has 0 saturated heterocycles. The first-order valence-electron chi connectivity index (χ1n) is 9.95. The van der Waals surface area contributed by atoms with E-state index in [-0.39, 0.29) is 17.2 Å². The van der Waals surface area contributed by atoms with Gasteiger partial charge in [0.05, 0.1) is 15.9 Å². The number of benzene rings is 1. The van der Waals surface area contributed by atoms with Crippen LogP contribution >= 0.6 is 0 Å². The summed E-state index contributed by atoms with van der Waals surface area (Å²) >= 11 is 0. The van der Waals surface area contributed by atoms with E-state index in [1.807, 2.05) is 44.5 Å². The lowest BCUT2D eigenvalue weighted by Gasteiger charge is -2.18. The van der Waals surface area contributed by atoms with Crippen molar-refractivity contribution in [3.05, 3.63) is 47.9 Å². The van der Waals surface area contributed by atoms with Crippen molar-refractivity contribution < 1.29 is 13.2 Å². The first-order valence-corrected chi connectivity index (χ1v) is 11.4. The van der Waals surface area contributed by atoms with Gasteiger partial charge in [-0.2, -0.15) is 4.31 Å². The van der Waals surface area contributed by atoms with Gasteiger partial charge in [0.1, 0.15) is 11.6 Å². The molecule has 2 aromatic heterocycles. The van der Waals surface area contributed by atoms with Crippen LogP contribution in [0, 0.1) is 6.92 Å². The summed E-state index contributed by atoms with van der Waals surface area (Å²) in [7, 11) is -1.68. The molecule has 0 aliphatic carbocycles. The minimum atomic E-state index is -3.55. The molecule has 0 atom stereocenters. The van der Waals surface area contributed by atoms with Crippen molar-refractivity contribution in [2.45, 2.75) is 38.5 Å². The molecule has 0 aliphatic rings. The van der Waals surface area contributed by atoms with Crippen molar-refractivity contribution in [1.82, 2.24) is 18.8 Å². The predicted octanol–water partition coefficient (Wildman–Crippen LogP) is 2.88. The smallest absolute Gasteiger partial charge is 0.243 e. The third-order valence-corrected chi connectivity index (χ3v) is 7.07. The molecule has 3 rings (SSSR count). The second-order valence-electron chi connectivity index (χ2n) is 7.04. The molecular weight excluding hydrogens is 402 g/mol. The van der Waals surface area contributed by atoms with E-state index in [1.54, 1.807) is 24.3 Å². The van der Waals surface area contributed by atoms with Crippen molar-refractivity contribution in [1.29, 1.82) is 0 Å². The molecule has 0 saturated carbocycles. The highest BCUT2D eigenvalue weighted by Gasteiger charge is 2.22. The zero-order valence-corrected chi connectivity index (χ0v) is 18.5. The van der Waals surface area contributed by atoms with E-state index in [4.69, 9.17) is 0 Å². The zero-order chi connectivity index (χ0) is 21.9. The Hall–Kier alpha value is -2.78. The number of imidazole rings is 1. The number of nitrogens with one attached hydrogen (secondary N) is 1. The second-order valence-corrected chi connectivity index (χ2v) is 8.98. The number of fused-ring (bicyclic) bond motifs is 1. The number of hydrogen-bond donors (Lipinski definition) is 1. The maximum Gasteiger partial charge on any atom is 0.243 e. The van der Waals surface area contributed by atoms with Gasteiger partial charge in [-0.05, 0) is 37.3 Å². The van der Waals surface area contributed by atoms with Gasteiger partial charge >= 0.3 is 0 Å². The van der Waals surface area contributed by atoms with E-state index < -0.39 is 10.0 Å². The number of sulfonamides is 1. The van der Waals surface area contributed by atoms with E-state index in [0.717, 1.165) is 17.0 Å². The van der Waals surface area contributed by atoms with Gasteiger partial charge in [0.2, 0.25) is 15.9 Å². The van der Waals surface area contributed by atoms with Gasteiger partial charge in [-0.25, -0.2) is 18.4 Å². The Balaban J connectivity index is 1.77. The quantitative estimate of drug-likeness (QED) is 0.594. The fourth-order valence-electron chi connectivity index (χ4n) is 3.37. The third kappa shape index (κ3) is 4.52. The summed E-state index contributed by atoms with van der Waals surface area (Å²) < 4.78 is 28.9. The minimum absolute atomic E-state index is 0.148. The Morgan fingerprint density at radius 2 is 1.87 bits per heavy atom. The summed E-state index contributed by atoms with van der Waals surface area (Å²) in [5, 5.41) is 2.79. The van der Waals surface area contributed by atoms with Crippen molar-refractivity contribution in [2.24, 2.45) is 7.05 Å². The Morgan fingerprint density at radius 3 is 2.53 bits per heavy atom. The normalized spacial score (nSPS) is 11.9. The van der Waals surface area contributed by atoms with Gasteiger partial charge in [0.15, 0.2) is 0 Å². The van der Waals surface area contributed by atoms with Gasteiger partial charge in [0, 0.05) is 38.7 Å². The molecule has 1 aromatic carbocycles. The highest BCUT2D eigenvalue weighted by molar-refractivity contribution is 7.89. The van der Waals surface area contributed by atoms with Crippen LogP contribution in [0.2, 0.25) is 0 Å². The monoisotopic (exact) mass is 429 g/mol. The van der Waals surface area contributed by atoms with Crippen LogP contribution in [-0.2, 0) is 28.3 Å². The number of hydrogen-bond acceptors (Lipinski definition) is 5. The largest absolute Gasteiger partial charge is 0.331 e. The maximum atomic E-state index is 12.8. The summed E-state index contributed by atoms with van der Waals surface area (Å²) in [5.41, 5.74) is 2.25. The maximum absolute atomic E-state index is 12.8. The minimum Gasteiger partial charge on any atom is -0.331 e. The highest BCUT2D eigenvalue weighted by atomic mass is 32.2. The van der Waals surface area contributed by atoms with Gasteiger partial charge in [-0.15, -0.1) is 0 Å². The number of carbonyl (C=O) groups is 1. The zero-order valence-electron chi connectivity index (χ0n) is 17.7. The topological polar surface area (TPSA) is 97.2 Å². The van der Waals surface area contributed by atoms with Gasteiger partial charge in [-0.3, -0.25) is 4.79 Å². The van der Waals surface area contributed by atoms with Crippen molar-refractivity contribution in [3.63, 3.8) is 0 Å². The van der Waals surface area contributed by atoms with Crippen LogP contribution in [0.4, 0.5) is 5.82 Å². The van der Waals surface area contributed by atoms with Gasteiger partial charge in [0.25, 0.3) is 0 Å². The second kappa shape index (κ2) is 8.93. The number of aromatic nitrogens is 3. The van der Waals surface area contributed by atoms with Crippen LogP contribution in [0.25, 0.3) is 11.0 Å². The number of aryl methyl sites for hydroxylation is 3. The lowest BCUT2D eigenvalue weighted by molar-refractivity contribution is -0.116. The lowest BCUT2D eigenvalue weighted by atomic mass is 10.2. The molecule has 0 spiro atoms. The number of rotatable bonds is 8. The Bertz CT molecular complexity index is 1170. The van der Waals surface area contributed by atoms with Gasteiger partial charge in [-0.1, -0.05) is 19.9 Å². The standard InChI is InChI=1S/C21H27N5O3S/c1-5-26(6-2)30(28,29)16-10-11-18-17(14-16)23-20(25(18)4)12-13-21(27)24-19-9-7-8-15(3)22-19/h7-11,14H,5-6,12-13H2,1-4H3,(H,22,24,27). The molecule has 0 bridgehead atoms. The summed E-state index contributed by atoms with van der Waals surface area (Å²) in [4.78, 5) is 21.3. The van der Waals surface area contributed by atoms with Crippen LogP contribution in [-0.4, -0.2) is 46.3 Å². The molecule has 3 aromatic rings. The lowest BCUT2D eigenvalue weighted by Crippen LogP contribution is -2.30. The average molecular weight is 430 g/mol. The molecule has 1 amide bonds. The molecule has 8 nitrogen and oxygen atoms in total. The molecule has 2 heterocycles. The highest BCUT2D eigenvalue weighted by Crippen LogP contribution is 2.23. The van der Waals surface area contributed by atoms with Crippen LogP contribution in [0.1, 0.15) is 31.8 Å². The van der Waals surface area contributed by atoms with E-state index >= 15 is 0 Å². The van der Waals surface area contributed by atoms with E-state index in [9.17, 15) is 13.2 Å². The number of anilines is 1. The van der Waals surface area contributed by atoms with Crippen molar-refractivity contribution in [3.8, 4) is 0 Å². The summed E-state index contributed by atoms with van der Waals surface area (Å²) in [6.07, 6.45) is 0.679. The van der Waals surface area contributed by atoms with Crippen LogP contribution in [0.15, 0.2) is 41.3 Å². The van der Waals surface area contributed by atoms with Crippen LogP contribution in [0.3, 0.4) is 0 Å². The molecule has 0 unspecified atom stereocenters. The molecule has 9 heteroatoms. The fraction of sp³-hybridized carbons (Fsp3) is 0.381. The SMILES string of the molecule is CCN(CC)S(=O)(=O)c1ccc2c(c1)nc(CCC(=O)Nc1cccc(C)n1)n2C. The van der Waals surface area contributed by atoms with Crippen LogP contribution in [0.5, 0.6) is 0 Å². The Labute approximate surface area is 177 Å². The van der Waals surface area contributed by atoms with Crippen molar-refractivity contribution >= 4 is 32.8 Å². The number of pyridine rings is 1. The molecule has 30 heavy (non-hydrogen) atoms. The summed E-state index contributed by atoms with van der Waals surface area (Å²) in [5.74, 6) is 1.09. The van der Waals surface area contributed by atoms with Crippen LogP contribution < -0.4 is 5.32 Å². The molecule has 1 N–H and O–H groups in total. The Morgan fingerprint density at radius 1 is 1.13 bits per heavy atom. The number of carbonyl (C=O) groups excluding carboxylic acids is 1. The molecular formula is C21H27N5O3S. The first-order chi connectivity index (χ1) is 14.3. The predicted molar refractivity (Wildman–Crippen MR) is 117 cm³/mol. The van der Waals surface area contributed by atoms with Gasteiger partial charge < -0.3 is 9.88 Å². The summed E-state index contributed by atoms with van der Waals surface area (Å²) in [6, 6.07) is 10.4. The Kier molecular flexibility index (Phi) is 6.52. The number of amides is 1. The third-order valence-electron chi connectivity index (χ3n) is 5.02. The van der Waals surface area contributed by atoms with E-state index in [0.29, 0.717) is 30.8 Å². The number of nitrogens with zero attached hydrogens (tertiary/aromatic N) is 4. The summed E-state index contributed by atoms with van der Waals surface area (Å²) in [6.45, 7) is 6.32. The molecule has 0 fully saturated rings. The first kappa shape index (κ1) is 21.9. The average Bonchev–Trinajstić information content (AvgIpc) is 3.02. The van der Waals surface area contributed by atoms with E-state index in [2.05, 4.69) is 15.3 Å². The molecule has 160 valence electrons.